The molecule has 0 unspecified atom stereocenters. The maximum Gasteiger partial charge on any atom is 0.133 e. The summed E-state index contributed by atoms with van der Waals surface area (Å²) < 4.78 is 2.12. The van der Waals surface area contributed by atoms with Crippen LogP contribution in [0.15, 0.2) is 24.3 Å². The Morgan fingerprint density at radius 1 is 1.08 bits per heavy atom. The normalized spacial score (nSPS) is 17.7. The summed E-state index contributed by atoms with van der Waals surface area (Å²) in [4.78, 5) is 2.60. The highest BCUT2D eigenvalue weighted by Gasteiger charge is 2.23. The molecule has 0 amide bonds. The minimum atomic E-state index is 1.04. The van der Waals surface area contributed by atoms with Crippen molar-refractivity contribution in [3.05, 3.63) is 41.1 Å². The van der Waals surface area contributed by atoms with Gasteiger partial charge in [0, 0.05) is 25.1 Å². The quantitative estimate of drug-likeness (QED) is 0.915. The summed E-state index contributed by atoms with van der Waals surface area (Å²) in [6.07, 6.45) is 7.38. The average molecular weight is 324 g/mol. The number of nitrogens with one attached hydrogen (secondary N) is 1. The Morgan fingerprint density at radius 2 is 1.88 bits per heavy atom. The Bertz CT molecular complexity index is 680. The van der Waals surface area contributed by atoms with E-state index in [1.165, 1.54) is 60.7 Å². The Hall–Kier alpha value is -1.81. The summed E-state index contributed by atoms with van der Waals surface area (Å²) in [7, 11) is 0. The van der Waals surface area contributed by atoms with E-state index in [9.17, 15) is 0 Å². The van der Waals surface area contributed by atoms with E-state index in [0.29, 0.717) is 0 Å². The molecular weight excluding hydrogens is 296 g/mol. The zero-order valence-electron chi connectivity index (χ0n) is 14.7. The van der Waals surface area contributed by atoms with E-state index in [1.807, 2.05) is 0 Å². The van der Waals surface area contributed by atoms with Crippen molar-refractivity contribution in [2.75, 3.05) is 31.5 Å². The fourth-order valence-electron chi connectivity index (χ4n) is 3.95. The van der Waals surface area contributed by atoms with Gasteiger partial charge in [0.05, 0.1) is 11.4 Å². The molecule has 0 spiro atoms. The second kappa shape index (κ2) is 6.98. The molecule has 4 nitrogen and oxygen atoms in total. The van der Waals surface area contributed by atoms with Crippen molar-refractivity contribution in [3.63, 3.8) is 0 Å². The summed E-state index contributed by atoms with van der Waals surface area (Å²) in [5.41, 5.74) is 5.27. The second-order valence-corrected chi connectivity index (χ2v) is 7.03. The molecule has 0 atom stereocenters. The van der Waals surface area contributed by atoms with E-state index >= 15 is 0 Å². The summed E-state index contributed by atoms with van der Waals surface area (Å²) in [5, 5.41) is 8.51. The van der Waals surface area contributed by atoms with Gasteiger partial charge in [0.25, 0.3) is 0 Å². The van der Waals surface area contributed by atoms with Gasteiger partial charge >= 0.3 is 0 Å². The predicted octanol–water partition coefficient (Wildman–Crippen LogP) is 3.43. The van der Waals surface area contributed by atoms with Crippen LogP contribution in [0.3, 0.4) is 0 Å². The highest BCUT2D eigenvalue weighted by atomic mass is 15.3. The van der Waals surface area contributed by atoms with Crippen molar-refractivity contribution in [3.8, 4) is 5.69 Å². The largest absolute Gasteiger partial charge is 0.369 e. The van der Waals surface area contributed by atoms with E-state index in [2.05, 4.69) is 46.1 Å². The van der Waals surface area contributed by atoms with Crippen molar-refractivity contribution >= 4 is 5.82 Å². The standard InChI is InChI=1S/C20H28N4/c1-2-16-6-8-17(9-7-16)24-20-18(10-12-21-20)19(22-24)11-15-23-13-4-3-5-14-23/h6-9,21H,2-5,10-15H2,1H3. The summed E-state index contributed by atoms with van der Waals surface area (Å²) >= 11 is 0. The minimum Gasteiger partial charge on any atom is -0.369 e. The second-order valence-electron chi connectivity index (χ2n) is 7.03. The zero-order chi connectivity index (χ0) is 16.4. The maximum absolute atomic E-state index is 4.97. The predicted molar refractivity (Wildman–Crippen MR) is 99.1 cm³/mol. The molecule has 4 rings (SSSR count). The first-order chi connectivity index (χ1) is 11.8. The van der Waals surface area contributed by atoms with E-state index in [0.717, 1.165) is 32.4 Å². The summed E-state index contributed by atoms with van der Waals surface area (Å²) in [6, 6.07) is 8.82. The monoisotopic (exact) mass is 324 g/mol. The number of hydrogen-bond acceptors (Lipinski definition) is 3. The number of hydrogen-bond donors (Lipinski definition) is 1. The Labute approximate surface area is 144 Å². The van der Waals surface area contributed by atoms with E-state index < -0.39 is 0 Å². The molecule has 0 aliphatic carbocycles. The first-order valence-electron chi connectivity index (χ1n) is 9.51. The van der Waals surface area contributed by atoms with Gasteiger partial charge in [0.2, 0.25) is 0 Å². The fourth-order valence-corrected chi connectivity index (χ4v) is 3.95. The number of aryl methyl sites for hydroxylation is 1. The first kappa shape index (κ1) is 15.7. The van der Waals surface area contributed by atoms with E-state index in [1.54, 1.807) is 0 Å². The maximum atomic E-state index is 4.97. The molecular formula is C20H28N4. The van der Waals surface area contributed by atoms with Crippen LogP contribution in [0, 0.1) is 0 Å². The topological polar surface area (TPSA) is 33.1 Å². The first-order valence-corrected chi connectivity index (χ1v) is 9.51. The highest BCUT2D eigenvalue weighted by Crippen LogP contribution is 2.29. The van der Waals surface area contributed by atoms with Crippen LogP contribution in [0.4, 0.5) is 5.82 Å². The molecule has 4 heteroatoms. The molecule has 0 bridgehead atoms. The van der Waals surface area contributed by atoms with E-state index in [4.69, 9.17) is 5.10 Å². The molecule has 2 aliphatic rings. The van der Waals surface area contributed by atoms with Gasteiger partial charge in [-0.25, -0.2) is 4.68 Å². The summed E-state index contributed by atoms with van der Waals surface area (Å²) in [5.74, 6) is 1.22. The highest BCUT2D eigenvalue weighted by molar-refractivity contribution is 5.57. The number of likely N-dealkylation sites (tertiary alicyclic amines) is 1. The van der Waals surface area contributed by atoms with Crippen LogP contribution in [-0.4, -0.2) is 40.9 Å². The van der Waals surface area contributed by atoms with Crippen LogP contribution in [0.1, 0.15) is 43.0 Å². The van der Waals surface area contributed by atoms with E-state index in [-0.39, 0.29) is 0 Å². The zero-order valence-corrected chi connectivity index (χ0v) is 14.7. The molecule has 24 heavy (non-hydrogen) atoms. The Kier molecular flexibility index (Phi) is 4.56. The van der Waals surface area contributed by atoms with Crippen LogP contribution in [0.2, 0.25) is 0 Å². The Morgan fingerprint density at radius 3 is 2.62 bits per heavy atom. The average Bonchev–Trinajstić information content (AvgIpc) is 3.24. The lowest BCUT2D eigenvalue weighted by atomic mass is 10.1. The molecule has 1 N–H and O–H groups in total. The third kappa shape index (κ3) is 3.07. The smallest absolute Gasteiger partial charge is 0.133 e. The van der Waals surface area contributed by atoms with Crippen LogP contribution in [-0.2, 0) is 19.3 Å². The third-order valence-corrected chi connectivity index (χ3v) is 5.44. The number of nitrogens with zero attached hydrogens (tertiary/aromatic N) is 3. The molecule has 2 aliphatic heterocycles. The number of rotatable bonds is 5. The molecule has 1 aromatic carbocycles. The van der Waals surface area contributed by atoms with Crippen LogP contribution in [0.5, 0.6) is 0 Å². The van der Waals surface area contributed by atoms with Crippen LogP contribution < -0.4 is 5.32 Å². The van der Waals surface area contributed by atoms with Gasteiger partial charge in [-0.2, -0.15) is 5.10 Å². The lowest BCUT2D eigenvalue weighted by Gasteiger charge is -2.26. The number of piperidine rings is 1. The van der Waals surface area contributed by atoms with Gasteiger partial charge in [0.1, 0.15) is 5.82 Å². The lowest BCUT2D eigenvalue weighted by Crippen LogP contribution is -2.31. The summed E-state index contributed by atoms with van der Waals surface area (Å²) in [6.45, 7) is 6.91. The molecule has 2 aromatic rings. The van der Waals surface area contributed by atoms with Gasteiger partial charge in [-0.1, -0.05) is 25.5 Å². The van der Waals surface area contributed by atoms with Gasteiger partial charge in [-0.05, 0) is 56.5 Å². The number of anilines is 1. The van der Waals surface area contributed by atoms with Crippen molar-refractivity contribution < 1.29 is 0 Å². The van der Waals surface area contributed by atoms with Crippen molar-refractivity contribution in [2.45, 2.75) is 45.4 Å². The number of benzene rings is 1. The van der Waals surface area contributed by atoms with Gasteiger partial charge in [0.15, 0.2) is 0 Å². The van der Waals surface area contributed by atoms with Crippen LogP contribution in [0.25, 0.3) is 5.69 Å². The SMILES string of the molecule is CCc1ccc(-n2nc(CCN3CCCCC3)c3c2NCC3)cc1. The third-order valence-electron chi connectivity index (χ3n) is 5.44. The molecule has 128 valence electrons. The van der Waals surface area contributed by atoms with Gasteiger partial charge < -0.3 is 10.2 Å². The van der Waals surface area contributed by atoms with Crippen molar-refractivity contribution in [1.82, 2.24) is 14.7 Å². The molecule has 3 heterocycles. The van der Waals surface area contributed by atoms with Crippen molar-refractivity contribution in [1.29, 1.82) is 0 Å². The van der Waals surface area contributed by atoms with Crippen molar-refractivity contribution in [2.24, 2.45) is 0 Å². The van der Waals surface area contributed by atoms with Crippen LogP contribution >= 0.6 is 0 Å². The van der Waals surface area contributed by atoms with Gasteiger partial charge in [-0.3, -0.25) is 0 Å². The molecule has 1 saturated heterocycles. The van der Waals surface area contributed by atoms with Gasteiger partial charge in [-0.15, -0.1) is 0 Å². The molecule has 0 radical (unpaired) electrons. The molecule has 0 saturated carbocycles. The Balaban J connectivity index is 1.55. The lowest BCUT2D eigenvalue weighted by molar-refractivity contribution is 0.230. The number of fused-ring (bicyclic) bond motifs is 1. The molecule has 1 aromatic heterocycles. The minimum absolute atomic E-state index is 1.04. The molecule has 1 fully saturated rings. The fraction of sp³-hybridized carbons (Fsp3) is 0.550. The number of aromatic nitrogens is 2.